The lowest BCUT2D eigenvalue weighted by Gasteiger charge is -2.12. The van der Waals surface area contributed by atoms with Gasteiger partial charge in [-0.25, -0.2) is 0 Å². The fraction of sp³-hybridized carbons (Fsp3) is 0.462. The monoisotopic (exact) mass is 236 g/mol. The predicted molar refractivity (Wildman–Crippen MR) is 68.6 cm³/mol. The highest BCUT2D eigenvalue weighted by Gasteiger charge is 2.09. The van der Waals surface area contributed by atoms with Crippen molar-refractivity contribution in [3.63, 3.8) is 0 Å². The van der Waals surface area contributed by atoms with E-state index in [4.69, 9.17) is 5.73 Å². The lowest BCUT2D eigenvalue weighted by Crippen LogP contribution is -2.14. The minimum atomic E-state index is -0.587. The zero-order valence-corrected chi connectivity index (χ0v) is 10.1. The molecule has 1 aromatic carbocycles. The molecule has 1 rings (SSSR count). The number of anilines is 1. The van der Waals surface area contributed by atoms with E-state index in [1.54, 1.807) is 19.1 Å². The number of benzene rings is 1. The van der Waals surface area contributed by atoms with Gasteiger partial charge in [0, 0.05) is 17.7 Å². The Morgan fingerprint density at radius 1 is 1.41 bits per heavy atom. The van der Waals surface area contributed by atoms with Crippen LogP contribution in [0.4, 0.5) is 5.69 Å². The summed E-state index contributed by atoms with van der Waals surface area (Å²) in [7, 11) is 0. The van der Waals surface area contributed by atoms with E-state index >= 15 is 0 Å². The Balaban J connectivity index is 2.58. The molecule has 0 aromatic heterocycles. The van der Waals surface area contributed by atoms with Crippen molar-refractivity contribution in [2.75, 3.05) is 11.9 Å². The number of hydrogen-bond acceptors (Lipinski definition) is 3. The highest BCUT2D eigenvalue weighted by Crippen LogP contribution is 2.22. The van der Waals surface area contributed by atoms with Crippen LogP contribution in [0.2, 0.25) is 0 Å². The van der Waals surface area contributed by atoms with Crippen molar-refractivity contribution in [2.24, 2.45) is 5.73 Å². The molecule has 1 amide bonds. The number of carbonyl (C=O) groups is 1. The normalized spacial score (nSPS) is 12.2. The number of hydrogen-bond donors (Lipinski definition) is 3. The van der Waals surface area contributed by atoms with Crippen LogP contribution >= 0.6 is 0 Å². The van der Waals surface area contributed by atoms with Crippen LogP contribution in [0.25, 0.3) is 0 Å². The quantitative estimate of drug-likeness (QED) is 0.659. The van der Waals surface area contributed by atoms with Gasteiger partial charge in [0.2, 0.25) is 5.91 Å². The number of nitrogens with one attached hydrogen (secondary N) is 1. The van der Waals surface area contributed by atoms with Crippen molar-refractivity contribution in [3.8, 4) is 0 Å². The number of para-hydroxylation sites is 1. The summed E-state index contributed by atoms with van der Waals surface area (Å²) >= 11 is 0. The molecule has 0 aliphatic carbocycles. The molecule has 4 N–H and O–H groups in total. The molecule has 0 fully saturated rings. The molecule has 0 spiro atoms. The SMILES string of the molecule is CC(O)c1ccccc1NC(=O)CCCCN. The number of aliphatic hydroxyl groups is 1. The molecule has 0 heterocycles. The van der Waals surface area contributed by atoms with E-state index in [0.29, 0.717) is 18.7 Å². The summed E-state index contributed by atoms with van der Waals surface area (Å²) in [5, 5.41) is 12.4. The van der Waals surface area contributed by atoms with Crippen LogP contribution in [-0.4, -0.2) is 17.6 Å². The van der Waals surface area contributed by atoms with Crippen LogP contribution < -0.4 is 11.1 Å². The summed E-state index contributed by atoms with van der Waals surface area (Å²) in [5.41, 5.74) is 6.78. The van der Waals surface area contributed by atoms with Gasteiger partial charge < -0.3 is 16.2 Å². The first-order chi connectivity index (χ1) is 8.15. The molecule has 0 radical (unpaired) electrons. The van der Waals surface area contributed by atoms with Gasteiger partial charge in [0.25, 0.3) is 0 Å². The minimum absolute atomic E-state index is 0.0356. The summed E-state index contributed by atoms with van der Waals surface area (Å²) in [4.78, 5) is 11.6. The minimum Gasteiger partial charge on any atom is -0.389 e. The predicted octanol–water partition coefficient (Wildman–Crippen LogP) is 1.81. The summed E-state index contributed by atoms with van der Waals surface area (Å²) in [5.74, 6) is -0.0356. The number of nitrogens with two attached hydrogens (primary N) is 1. The molecule has 94 valence electrons. The maximum absolute atomic E-state index is 11.6. The standard InChI is InChI=1S/C13H20N2O2/c1-10(16)11-6-2-3-7-12(11)15-13(17)8-4-5-9-14/h2-3,6-7,10,16H,4-5,8-9,14H2,1H3,(H,15,17). The number of amides is 1. The van der Waals surface area contributed by atoms with Gasteiger partial charge in [-0.15, -0.1) is 0 Å². The summed E-state index contributed by atoms with van der Waals surface area (Å²) < 4.78 is 0. The van der Waals surface area contributed by atoms with Gasteiger partial charge >= 0.3 is 0 Å². The van der Waals surface area contributed by atoms with Crippen LogP contribution in [0, 0.1) is 0 Å². The first-order valence-corrected chi connectivity index (χ1v) is 5.92. The third kappa shape index (κ3) is 4.54. The lowest BCUT2D eigenvalue weighted by atomic mass is 10.1. The van der Waals surface area contributed by atoms with E-state index < -0.39 is 6.10 Å². The number of rotatable bonds is 6. The van der Waals surface area contributed by atoms with E-state index in [1.165, 1.54) is 0 Å². The highest BCUT2D eigenvalue weighted by molar-refractivity contribution is 5.91. The zero-order valence-electron chi connectivity index (χ0n) is 10.1. The van der Waals surface area contributed by atoms with Gasteiger partial charge in [-0.3, -0.25) is 4.79 Å². The third-order valence-electron chi connectivity index (χ3n) is 2.54. The average Bonchev–Trinajstić information content (AvgIpc) is 2.29. The highest BCUT2D eigenvalue weighted by atomic mass is 16.3. The largest absolute Gasteiger partial charge is 0.389 e. The Morgan fingerprint density at radius 3 is 2.76 bits per heavy atom. The van der Waals surface area contributed by atoms with Crippen molar-refractivity contribution in [3.05, 3.63) is 29.8 Å². The molecule has 1 aromatic rings. The number of unbranched alkanes of at least 4 members (excludes halogenated alkanes) is 1. The molecule has 1 atom stereocenters. The van der Waals surface area contributed by atoms with Gasteiger partial charge in [-0.05, 0) is 32.4 Å². The fourth-order valence-electron chi connectivity index (χ4n) is 1.62. The first-order valence-electron chi connectivity index (χ1n) is 5.92. The van der Waals surface area contributed by atoms with Crippen molar-refractivity contribution in [2.45, 2.75) is 32.3 Å². The molecule has 0 aliphatic heterocycles. The van der Waals surface area contributed by atoms with E-state index in [1.807, 2.05) is 12.1 Å². The van der Waals surface area contributed by atoms with Gasteiger partial charge in [0.05, 0.1) is 6.10 Å². The van der Waals surface area contributed by atoms with Crippen molar-refractivity contribution in [1.29, 1.82) is 0 Å². The van der Waals surface area contributed by atoms with E-state index in [-0.39, 0.29) is 5.91 Å². The van der Waals surface area contributed by atoms with Gasteiger partial charge in [-0.1, -0.05) is 18.2 Å². The van der Waals surface area contributed by atoms with E-state index in [2.05, 4.69) is 5.32 Å². The van der Waals surface area contributed by atoms with Crippen molar-refractivity contribution in [1.82, 2.24) is 0 Å². The third-order valence-corrected chi connectivity index (χ3v) is 2.54. The second-order valence-corrected chi connectivity index (χ2v) is 4.06. The Bertz CT molecular complexity index is 364. The fourth-order valence-corrected chi connectivity index (χ4v) is 1.62. The van der Waals surface area contributed by atoms with Crippen LogP contribution in [-0.2, 0) is 4.79 Å². The van der Waals surface area contributed by atoms with Crippen LogP contribution in [0.5, 0.6) is 0 Å². The summed E-state index contributed by atoms with van der Waals surface area (Å²) in [6.07, 6.45) is 1.52. The maximum atomic E-state index is 11.6. The van der Waals surface area contributed by atoms with Crippen LogP contribution in [0.15, 0.2) is 24.3 Å². The Kier molecular flexibility index (Phi) is 5.66. The molecule has 4 nitrogen and oxygen atoms in total. The molecule has 0 saturated heterocycles. The first kappa shape index (κ1) is 13.7. The summed E-state index contributed by atoms with van der Waals surface area (Å²) in [6, 6.07) is 7.27. The number of carbonyl (C=O) groups excluding carboxylic acids is 1. The van der Waals surface area contributed by atoms with Gasteiger partial charge in [0.15, 0.2) is 0 Å². The topological polar surface area (TPSA) is 75.3 Å². The molecule has 0 bridgehead atoms. The number of aliphatic hydroxyl groups excluding tert-OH is 1. The van der Waals surface area contributed by atoms with Crippen LogP contribution in [0.3, 0.4) is 0 Å². The Labute approximate surface area is 102 Å². The molecule has 4 heteroatoms. The second-order valence-electron chi connectivity index (χ2n) is 4.06. The van der Waals surface area contributed by atoms with E-state index in [9.17, 15) is 9.90 Å². The second kappa shape index (κ2) is 7.04. The molecular formula is C13H20N2O2. The van der Waals surface area contributed by atoms with Crippen molar-refractivity contribution < 1.29 is 9.90 Å². The smallest absolute Gasteiger partial charge is 0.224 e. The molecule has 1 unspecified atom stereocenters. The Morgan fingerprint density at radius 2 is 2.12 bits per heavy atom. The molecule has 17 heavy (non-hydrogen) atoms. The Hall–Kier alpha value is -1.39. The van der Waals surface area contributed by atoms with E-state index in [0.717, 1.165) is 18.4 Å². The maximum Gasteiger partial charge on any atom is 0.224 e. The van der Waals surface area contributed by atoms with Crippen molar-refractivity contribution >= 4 is 11.6 Å². The lowest BCUT2D eigenvalue weighted by molar-refractivity contribution is -0.116. The molecule has 0 aliphatic rings. The molecular weight excluding hydrogens is 216 g/mol. The zero-order chi connectivity index (χ0) is 12.7. The average molecular weight is 236 g/mol. The summed E-state index contributed by atoms with van der Waals surface area (Å²) in [6.45, 7) is 2.29. The van der Waals surface area contributed by atoms with Crippen LogP contribution in [0.1, 0.15) is 37.9 Å². The molecule has 0 saturated carbocycles. The van der Waals surface area contributed by atoms with Gasteiger partial charge in [0.1, 0.15) is 0 Å². The van der Waals surface area contributed by atoms with Gasteiger partial charge in [-0.2, -0.15) is 0 Å².